The van der Waals surface area contributed by atoms with Gasteiger partial charge in [0.25, 0.3) is 0 Å². The van der Waals surface area contributed by atoms with E-state index < -0.39 is 0 Å². The van der Waals surface area contributed by atoms with E-state index in [-0.39, 0.29) is 11.2 Å². The molecule has 0 unspecified atom stereocenters. The lowest BCUT2D eigenvalue weighted by molar-refractivity contribution is -0.120. The summed E-state index contributed by atoms with van der Waals surface area (Å²) in [6.45, 7) is 4.18. The standard InChI is InChI=1S/C20H22N4O2S/c1-14(19(25)21-13-16-9-7-8-12-18(16)26-3)27-20-23-22-15(2)24(20)17-10-5-4-6-11-17/h4-12,14H,13H2,1-3H3,(H,21,25)/t14-/m0/s1. The van der Waals surface area contributed by atoms with E-state index in [2.05, 4.69) is 15.5 Å². The molecule has 0 bridgehead atoms. The maximum atomic E-state index is 12.5. The molecule has 0 aliphatic rings. The van der Waals surface area contributed by atoms with Crippen LogP contribution in [0.1, 0.15) is 18.3 Å². The lowest BCUT2D eigenvalue weighted by Crippen LogP contribution is -2.30. The number of aryl methyl sites for hydroxylation is 1. The number of carbonyl (C=O) groups is 1. The Labute approximate surface area is 163 Å². The molecule has 1 atom stereocenters. The van der Waals surface area contributed by atoms with Crippen molar-refractivity contribution in [1.82, 2.24) is 20.1 Å². The molecule has 7 heteroatoms. The molecule has 3 rings (SSSR count). The largest absolute Gasteiger partial charge is 0.496 e. The van der Waals surface area contributed by atoms with Crippen LogP contribution >= 0.6 is 11.8 Å². The molecule has 1 amide bonds. The van der Waals surface area contributed by atoms with E-state index in [1.807, 2.05) is 73.0 Å². The molecule has 0 fully saturated rings. The summed E-state index contributed by atoms with van der Waals surface area (Å²) in [7, 11) is 1.62. The number of carbonyl (C=O) groups excluding carboxylic acids is 1. The highest BCUT2D eigenvalue weighted by atomic mass is 32.2. The zero-order valence-corrected chi connectivity index (χ0v) is 16.4. The number of nitrogens with zero attached hydrogens (tertiary/aromatic N) is 3. The first kappa shape index (κ1) is 19.0. The lowest BCUT2D eigenvalue weighted by atomic mass is 10.2. The fraction of sp³-hybridized carbons (Fsp3) is 0.250. The van der Waals surface area contributed by atoms with Crippen LogP contribution in [0.25, 0.3) is 5.69 Å². The molecular weight excluding hydrogens is 360 g/mol. The van der Waals surface area contributed by atoms with Crippen LogP contribution in [0.15, 0.2) is 59.8 Å². The van der Waals surface area contributed by atoms with E-state index in [0.29, 0.717) is 11.7 Å². The highest BCUT2D eigenvalue weighted by Crippen LogP contribution is 2.25. The van der Waals surface area contributed by atoms with Crippen LogP contribution in [0.2, 0.25) is 0 Å². The van der Waals surface area contributed by atoms with Crippen LogP contribution in [0, 0.1) is 6.92 Å². The quantitative estimate of drug-likeness (QED) is 0.635. The molecule has 0 spiro atoms. The predicted octanol–water partition coefficient (Wildman–Crippen LogP) is 3.38. The van der Waals surface area contributed by atoms with Gasteiger partial charge in [-0.05, 0) is 32.0 Å². The number of amides is 1. The number of methoxy groups -OCH3 is 1. The number of rotatable bonds is 7. The number of thioether (sulfide) groups is 1. The SMILES string of the molecule is COc1ccccc1CNC(=O)[C@H](C)Sc1nnc(C)n1-c1ccccc1. The van der Waals surface area contributed by atoms with Gasteiger partial charge in [0.1, 0.15) is 11.6 Å². The Morgan fingerprint density at radius 2 is 1.85 bits per heavy atom. The zero-order valence-electron chi connectivity index (χ0n) is 15.5. The third-order valence-electron chi connectivity index (χ3n) is 4.11. The summed E-state index contributed by atoms with van der Waals surface area (Å²) in [6.07, 6.45) is 0. The van der Waals surface area contributed by atoms with Crippen LogP contribution in [0.5, 0.6) is 5.75 Å². The van der Waals surface area contributed by atoms with Crippen LogP contribution in [-0.2, 0) is 11.3 Å². The van der Waals surface area contributed by atoms with Gasteiger partial charge in [0.15, 0.2) is 5.16 Å². The van der Waals surface area contributed by atoms with Gasteiger partial charge in [-0.25, -0.2) is 0 Å². The number of benzene rings is 2. The average Bonchev–Trinajstić information content (AvgIpc) is 3.06. The Balaban J connectivity index is 1.67. The second-order valence-electron chi connectivity index (χ2n) is 5.99. The van der Waals surface area contributed by atoms with Crippen molar-refractivity contribution >= 4 is 17.7 Å². The van der Waals surface area contributed by atoms with E-state index in [0.717, 1.165) is 22.8 Å². The Kier molecular flexibility index (Phi) is 6.13. The van der Waals surface area contributed by atoms with Crippen LogP contribution in [0.4, 0.5) is 0 Å². The fourth-order valence-electron chi connectivity index (χ4n) is 2.68. The zero-order chi connectivity index (χ0) is 19.2. The molecule has 2 aromatic carbocycles. The lowest BCUT2D eigenvalue weighted by Gasteiger charge is -2.14. The smallest absolute Gasteiger partial charge is 0.233 e. The summed E-state index contributed by atoms with van der Waals surface area (Å²) in [5, 5.41) is 11.7. The van der Waals surface area contributed by atoms with Crippen LogP contribution < -0.4 is 10.1 Å². The first-order valence-corrected chi connectivity index (χ1v) is 9.52. The number of hydrogen-bond acceptors (Lipinski definition) is 5. The second kappa shape index (κ2) is 8.73. The summed E-state index contributed by atoms with van der Waals surface area (Å²) in [6, 6.07) is 17.5. The molecular formula is C20H22N4O2S. The van der Waals surface area contributed by atoms with Crippen molar-refractivity contribution in [2.24, 2.45) is 0 Å². The van der Waals surface area contributed by atoms with Gasteiger partial charge >= 0.3 is 0 Å². The number of hydrogen-bond donors (Lipinski definition) is 1. The van der Waals surface area contributed by atoms with Crippen molar-refractivity contribution < 1.29 is 9.53 Å². The molecule has 0 saturated heterocycles. The Hall–Kier alpha value is -2.80. The average molecular weight is 382 g/mol. The van der Waals surface area contributed by atoms with Crippen molar-refractivity contribution in [3.05, 3.63) is 66.0 Å². The molecule has 27 heavy (non-hydrogen) atoms. The maximum Gasteiger partial charge on any atom is 0.233 e. The third-order valence-corrected chi connectivity index (χ3v) is 5.15. The number of ether oxygens (including phenoxy) is 1. The van der Waals surface area contributed by atoms with Crippen molar-refractivity contribution in [2.45, 2.75) is 30.8 Å². The van der Waals surface area contributed by atoms with E-state index in [1.54, 1.807) is 7.11 Å². The van der Waals surface area contributed by atoms with Crippen LogP contribution in [0.3, 0.4) is 0 Å². The molecule has 140 valence electrons. The van der Waals surface area contributed by atoms with Gasteiger partial charge in [0.05, 0.1) is 12.4 Å². The molecule has 0 saturated carbocycles. The minimum atomic E-state index is -0.314. The van der Waals surface area contributed by atoms with Gasteiger partial charge in [0, 0.05) is 17.8 Å². The van der Waals surface area contributed by atoms with Crippen molar-refractivity contribution in [1.29, 1.82) is 0 Å². The first-order chi connectivity index (χ1) is 13.1. The molecule has 0 radical (unpaired) electrons. The summed E-state index contributed by atoms with van der Waals surface area (Å²) in [4.78, 5) is 12.5. The molecule has 1 aromatic heterocycles. The van der Waals surface area contributed by atoms with E-state index in [1.165, 1.54) is 11.8 Å². The second-order valence-corrected chi connectivity index (χ2v) is 7.30. The van der Waals surface area contributed by atoms with Crippen molar-refractivity contribution in [3.63, 3.8) is 0 Å². The Morgan fingerprint density at radius 1 is 1.15 bits per heavy atom. The maximum absolute atomic E-state index is 12.5. The minimum Gasteiger partial charge on any atom is -0.496 e. The van der Waals surface area contributed by atoms with Crippen LogP contribution in [-0.4, -0.2) is 33.0 Å². The minimum absolute atomic E-state index is 0.0637. The molecule has 1 heterocycles. The van der Waals surface area contributed by atoms with Gasteiger partial charge in [-0.15, -0.1) is 10.2 Å². The fourth-order valence-corrected chi connectivity index (χ4v) is 3.62. The number of aromatic nitrogens is 3. The normalized spacial score (nSPS) is 11.8. The first-order valence-electron chi connectivity index (χ1n) is 8.64. The predicted molar refractivity (Wildman–Crippen MR) is 106 cm³/mol. The van der Waals surface area contributed by atoms with Gasteiger partial charge in [-0.2, -0.15) is 0 Å². The highest BCUT2D eigenvalue weighted by Gasteiger charge is 2.20. The molecule has 1 N–H and O–H groups in total. The van der Waals surface area contributed by atoms with Gasteiger partial charge in [0.2, 0.25) is 5.91 Å². The monoisotopic (exact) mass is 382 g/mol. The summed E-state index contributed by atoms with van der Waals surface area (Å²) < 4.78 is 7.28. The van der Waals surface area contributed by atoms with Gasteiger partial charge < -0.3 is 10.1 Å². The topological polar surface area (TPSA) is 69.0 Å². The molecule has 0 aliphatic heterocycles. The summed E-state index contributed by atoms with van der Waals surface area (Å²) >= 11 is 1.39. The van der Waals surface area contributed by atoms with E-state index in [4.69, 9.17) is 4.74 Å². The van der Waals surface area contributed by atoms with Crippen molar-refractivity contribution in [3.8, 4) is 11.4 Å². The summed E-state index contributed by atoms with van der Waals surface area (Å²) in [5.41, 5.74) is 1.91. The molecule has 6 nitrogen and oxygen atoms in total. The Morgan fingerprint density at radius 3 is 2.59 bits per heavy atom. The number of para-hydroxylation sites is 2. The highest BCUT2D eigenvalue weighted by molar-refractivity contribution is 8.00. The Bertz CT molecular complexity index is 911. The van der Waals surface area contributed by atoms with Crippen molar-refractivity contribution in [2.75, 3.05) is 7.11 Å². The van der Waals surface area contributed by atoms with Gasteiger partial charge in [-0.1, -0.05) is 48.2 Å². The van der Waals surface area contributed by atoms with E-state index in [9.17, 15) is 4.79 Å². The molecule has 3 aromatic rings. The third kappa shape index (κ3) is 4.49. The van der Waals surface area contributed by atoms with Gasteiger partial charge in [-0.3, -0.25) is 9.36 Å². The summed E-state index contributed by atoms with van der Waals surface area (Å²) in [5.74, 6) is 1.48. The number of nitrogens with one attached hydrogen (secondary N) is 1. The molecule has 0 aliphatic carbocycles. The van der Waals surface area contributed by atoms with E-state index >= 15 is 0 Å².